The Morgan fingerprint density at radius 2 is 1.93 bits per heavy atom. The predicted octanol–water partition coefficient (Wildman–Crippen LogP) is 4.42. The Labute approximate surface area is 174 Å². The quantitative estimate of drug-likeness (QED) is 0.409. The molecular formula is C21H27BrN2O4. The molecule has 2 aromatic carbocycles. The minimum atomic E-state index is -0.727. The van der Waals surface area contributed by atoms with Crippen molar-refractivity contribution in [1.82, 2.24) is 0 Å². The Balaban J connectivity index is 0.000000301. The third kappa shape index (κ3) is 6.44. The Morgan fingerprint density at radius 1 is 1.32 bits per heavy atom. The van der Waals surface area contributed by atoms with Crippen LogP contribution in [0.15, 0.2) is 60.1 Å². The van der Waals surface area contributed by atoms with Crippen molar-refractivity contribution in [2.75, 3.05) is 6.54 Å². The summed E-state index contributed by atoms with van der Waals surface area (Å²) in [5, 5.41) is 20.7. The van der Waals surface area contributed by atoms with Crippen LogP contribution in [0.1, 0.15) is 25.0 Å². The number of nitrogens with zero attached hydrogens (tertiary/aromatic N) is 1. The first-order valence-corrected chi connectivity index (χ1v) is 9.61. The van der Waals surface area contributed by atoms with Crippen molar-refractivity contribution < 1.29 is 14.8 Å². The molecular weight excluding hydrogens is 424 g/mol. The Kier molecular flexibility index (Phi) is 9.31. The number of hydrogen-bond donors (Lipinski definition) is 2. The van der Waals surface area contributed by atoms with E-state index in [9.17, 15) is 15.2 Å². The zero-order valence-corrected chi connectivity index (χ0v) is 17.8. The molecule has 0 aliphatic carbocycles. The van der Waals surface area contributed by atoms with Gasteiger partial charge in [-0.15, -0.1) is 13.2 Å². The second kappa shape index (κ2) is 10.9. The molecule has 0 bridgehead atoms. The number of hydrogen-bond acceptors (Lipinski definition) is 5. The van der Waals surface area contributed by atoms with E-state index in [1.54, 1.807) is 19.9 Å². The highest BCUT2D eigenvalue weighted by molar-refractivity contribution is 9.10. The maximum absolute atomic E-state index is 10.8. The molecule has 1 aliphatic heterocycles. The van der Waals surface area contributed by atoms with Gasteiger partial charge < -0.3 is 15.6 Å². The van der Waals surface area contributed by atoms with Crippen molar-refractivity contribution in [2.45, 2.75) is 38.4 Å². The molecule has 7 heteroatoms. The van der Waals surface area contributed by atoms with E-state index in [1.165, 1.54) is 11.6 Å². The number of nitrogens with two attached hydrogens (primary N) is 1. The molecule has 3 N–H and O–H groups in total. The van der Waals surface area contributed by atoms with Crippen molar-refractivity contribution in [1.29, 1.82) is 0 Å². The van der Waals surface area contributed by atoms with Crippen LogP contribution in [0.3, 0.4) is 0 Å². The standard InChI is InChI=1S/C11H12BrNO4.C8H11N.C2H4/c1-11(2)10(14)4-6-3-7(12)8(13(15)16)5-9(6)17-11;9-7-6-8-4-2-1-3-5-8;1-2/h3,5,10,14H,4H2,1-2H3;1-5H,6-7,9H2;1-2H2. The summed E-state index contributed by atoms with van der Waals surface area (Å²) in [4.78, 5) is 10.3. The molecule has 3 rings (SSSR count). The van der Waals surface area contributed by atoms with Gasteiger partial charge in [0.25, 0.3) is 5.69 Å². The van der Waals surface area contributed by atoms with Gasteiger partial charge in [-0.1, -0.05) is 30.3 Å². The molecule has 1 atom stereocenters. The maximum atomic E-state index is 10.8. The molecule has 0 amide bonds. The zero-order chi connectivity index (χ0) is 21.3. The highest BCUT2D eigenvalue weighted by atomic mass is 79.9. The van der Waals surface area contributed by atoms with E-state index in [1.807, 2.05) is 18.2 Å². The first kappa shape index (κ1) is 23.8. The van der Waals surface area contributed by atoms with E-state index in [0.717, 1.165) is 18.5 Å². The fourth-order valence-electron chi connectivity index (χ4n) is 2.60. The number of rotatable bonds is 3. The molecule has 2 aromatic rings. The van der Waals surface area contributed by atoms with Gasteiger partial charge in [-0.05, 0) is 59.9 Å². The number of halogens is 1. The highest BCUT2D eigenvalue weighted by Crippen LogP contribution is 2.39. The van der Waals surface area contributed by atoms with Crippen LogP contribution in [0, 0.1) is 10.1 Å². The van der Waals surface area contributed by atoms with Crippen molar-refractivity contribution in [2.24, 2.45) is 5.73 Å². The molecule has 0 spiro atoms. The lowest BCUT2D eigenvalue weighted by Crippen LogP contribution is -2.46. The van der Waals surface area contributed by atoms with E-state index in [-0.39, 0.29) is 5.69 Å². The van der Waals surface area contributed by atoms with Gasteiger partial charge in [-0.3, -0.25) is 10.1 Å². The van der Waals surface area contributed by atoms with Gasteiger partial charge in [0.1, 0.15) is 11.4 Å². The summed E-state index contributed by atoms with van der Waals surface area (Å²) in [6.45, 7) is 10.3. The summed E-state index contributed by atoms with van der Waals surface area (Å²) in [7, 11) is 0. The third-order valence-electron chi connectivity index (χ3n) is 4.19. The summed E-state index contributed by atoms with van der Waals surface area (Å²) < 4.78 is 6.00. The van der Waals surface area contributed by atoms with Crippen LogP contribution in [0.5, 0.6) is 5.75 Å². The zero-order valence-electron chi connectivity index (χ0n) is 16.2. The molecule has 1 heterocycles. The van der Waals surface area contributed by atoms with Crippen molar-refractivity contribution in [3.05, 3.63) is 81.3 Å². The van der Waals surface area contributed by atoms with Crippen LogP contribution in [-0.2, 0) is 12.8 Å². The van der Waals surface area contributed by atoms with E-state index in [2.05, 4.69) is 41.2 Å². The van der Waals surface area contributed by atoms with Crippen LogP contribution in [0.2, 0.25) is 0 Å². The summed E-state index contributed by atoms with van der Waals surface area (Å²) in [6.07, 6.45) is 0.795. The van der Waals surface area contributed by atoms with Crippen LogP contribution in [0.25, 0.3) is 0 Å². The molecule has 1 unspecified atom stereocenters. The topological polar surface area (TPSA) is 98.6 Å². The van der Waals surface area contributed by atoms with Gasteiger partial charge in [0.15, 0.2) is 0 Å². The fraction of sp³-hybridized carbons (Fsp3) is 0.333. The minimum absolute atomic E-state index is 0.0315. The molecule has 0 radical (unpaired) electrons. The minimum Gasteiger partial charge on any atom is -0.485 e. The summed E-state index contributed by atoms with van der Waals surface area (Å²) >= 11 is 3.15. The summed E-state index contributed by atoms with van der Waals surface area (Å²) in [5.74, 6) is 0.468. The number of benzene rings is 2. The van der Waals surface area contributed by atoms with Crippen molar-refractivity contribution in [3.8, 4) is 5.75 Å². The van der Waals surface area contributed by atoms with Crippen LogP contribution in [-0.4, -0.2) is 28.3 Å². The van der Waals surface area contributed by atoms with Crippen molar-refractivity contribution >= 4 is 21.6 Å². The highest BCUT2D eigenvalue weighted by Gasteiger charge is 2.36. The maximum Gasteiger partial charge on any atom is 0.287 e. The van der Waals surface area contributed by atoms with Crippen LogP contribution in [0.4, 0.5) is 5.69 Å². The molecule has 0 fully saturated rings. The first-order valence-electron chi connectivity index (χ1n) is 8.82. The molecule has 0 aromatic heterocycles. The monoisotopic (exact) mass is 450 g/mol. The van der Waals surface area contributed by atoms with E-state index in [4.69, 9.17) is 10.5 Å². The Morgan fingerprint density at radius 3 is 2.46 bits per heavy atom. The average Bonchev–Trinajstić information content (AvgIpc) is 2.66. The lowest BCUT2D eigenvalue weighted by molar-refractivity contribution is -0.385. The number of fused-ring (bicyclic) bond motifs is 1. The summed E-state index contributed by atoms with van der Waals surface area (Å²) in [5.41, 5.74) is 6.69. The third-order valence-corrected chi connectivity index (χ3v) is 4.83. The number of ether oxygens (including phenoxy) is 1. The number of aliphatic hydroxyl groups excluding tert-OH is 1. The Hall–Kier alpha value is -2.22. The lowest BCUT2D eigenvalue weighted by atomic mass is 9.91. The summed E-state index contributed by atoms with van der Waals surface area (Å²) in [6, 6.07) is 13.3. The predicted molar refractivity (Wildman–Crippen MR) is 116 cm³/mol. The van der Waals surface area contributed by atoms with E-state index < -0.39 is 16.6 Å². The lowest BCUT2D eigenvalue weighted by Gasteiger charge is -2.36. The average molecular weight is 451 g/mol. The van der Waals surface area contributed by atoms with Gasteiger partial charge in [-0.25, -0.2) is 0 Å². The molecule has 152 valence electrons. The number of aliphatic hydroxyl groups is 1. The van der Waals surface area contributed by atoms with Gasteiger partial charge in [-0.2, -0.15) is 0 Å². The molecule has 28 heavy (non-hydrogen) atoms. The second-order valence-electron chi connectivity index (χ2n) is 6.62. The van der Waals surface area contributed by atoms with Crippen LogP contribution >= 0.6 is 15.9 Å². The van der Waals surface area contributed by atoms with Gasteiger partial charge in [0.2, 0.25) is 0 Å². The SMILES string of the molecule is C=C.CC1(C)Oc2cc([N+](=O)[O-])c(Br)cc2CC1O.NCCc1ccccc1. The van der Waals surface area contributed by atoms with Crippen molar-refractivity contribution in [3.63, 3.8) is 0 Å². The van der Waals surface area contributed by atoms with Crippen LogP contribution < -0.4 is 10.5 Å². The smallest absolute Gasteiger partial charge is 0.287 e. The molecule has 0 saturated heterocycles. The van der Waals surface area contributed by atoms with Gasteiger partial charge >= 0.3 is 0 Å². The number of nitro benzene ring substituents is 1. The first-order chi connectivity index (χ1) is 13.2. The van der Waals surface area contributed by atoms with Gasteiger partial charge in [0, 0.05) is 6.42 Å². The second-order valence-corrected chi connectivity index (χ2v) is 7.47. The Bertz CT molecular complexity index is 781. The normalized spacial score (nSPS) is 16.2. The van der Waals surface area contributed by atoms with Gasteiger partial charge in [0.05, 0.1) is 21.6 Å². The van der Waals surface area contributed by atoms with E-state index >= 15 is 0 Å². The molecule has 6 nitrogen and oxygen atoms in total. The van der Waals surface area contributed by atoms with E-state index in [0.29, 0.717) is 16.6 Å². The molecule has 0 saturated carbocycles. The molecule has 1 aliphatic rings. The fourth-order valence-corrected chi connectivity index (χ4v) is 3.13. The largest absolute Gasteiger partial charge is 0.485 e. The number of nitro groups is 1.